The summed E-state index contributed by atoms with van der Waals surface area (Å²) in [5.41, 5.74) is 2.13. The first kappa shape index (κ1) is 24.4. The molecule has 1 aliphatic carbocycles. The molecule has 1 saturated heterocycles. The molecule has 1 aliphatic heterocycles. The Kier molecular flexibility index (Phi) is 10.7. The number of nitrogens with zero attached hydrogens (tertiary/aromatic N) is 2. The smallest absolute Gasteiger partial charge is 0.191 e. The first-order chi connectivity index (χ1) is 13.7. The molecule has 2 aliphatic rings. The molecule has 3 N–H and O–H groups in total. The monoisotopic (exact) mass is 514 g/mol. The molecule has 0 radical (unpaired) electrons. The number of aliphatic hydroxyl groups excluding tert-OH is 1. The van der Waals surface area contributed by atoms with E-state index in [1.807, 2.05) is 24.3 Å². The van der Waals surface area contributed by atoms with Crippen molar-refractivity contribution in [2.45, 2.75) is 77.0 Å². The van der Waals surface area contributed by atoms with Gasteiger partial charge in [0.1, 0.15) is 0 Å². The van der Waals surface area contributed by atoms with Crippen molar-refractivity contribution in [2.75, 3.05) is 26.2 Å². The third kappa shape index (κ3) is 7.72. The number of halogens is 1. The van der Waals surface area contributed by atoms with Gasteiger partial charge in [0.25, 0.3) is 0 Å². The maximum Gasteiger partial charge on any atom is 0.191 e. The van der Waals surface area contributed by atoms with Gasteiger partial charge in [-0.05, 0) is 45.1 Å². The molecule has 0 aromatic heterocycles. The van der Waals surface area contributed by atoms with Gasteiger partial charge in [-0.15, -0.1) is 24.0 Å². The van der Waals surface area contributed by atoms with Crippen molar-refractivity contribution < 1.29 is 5.11 Å². The minimum Gasteiger partial charge on any atom is -0.386 e. The van der Waals surface area contributed by atoms with Crippen LogP contribution in [-0.2, 0) is 0 Å². The van der Waals surface area contributed by atoms with Gasteiger partial charge < -0.3 is 20.6 Å². The summed E-state index contributed by atoms with van der Waals surface area (Å²) in [5.74, 6) is 0.824. The summed E-state index contributed by atoms with van der Waals surface area (Å²) < 4.78 is 0. The van der Waals surface area contributed by atoms with Gasteiger partial charge in [-0.3, -0.25) is 4.99 Å². The number of guanidine groups is 1. The van der Waals surface area contributed by atoms with Crippen molar-refractivity contribution in [2.24, 2.45) is 4.99 Å². The second-order valence-corrected chi connectivity index (χ2v) is 8.39. The summed E-state index contributed by atoms with van der Waals surface area (Å²) in [7, 11) is 0. The zero-order valence-electron chi connectivity index (χ0n) is 18.1. The molecular weight excluding hydrogens is 475 g/mol. The highest BCUT2D eigenvalue weighted by molar-refractivity contribution is 14.0. The number of piperidine rings is 1. The third-order valence-electron chi connectivity index (χ3n) is 6.19. The quantitative estimate of drug-likeness (QED) is 0.305. The lowest BCUT2D eigenvalue weighted by atomic mass is 9.92. The Balaban J connectivity index is 0.00000300. The minimum atomic E-state index is -0.566. The van der Waals surface area contributed by atoms with Gasteiger partial charge in [-0.2, -0.15) is 0 Å². The summed E-state index contributed by atoms with van der Waals surface area (Å²) in [5, 5.41) is 17.4. The largest absolute Gasteiger partial charge is 0.386 e. The van der Waals surface area contributed by atoms with E-state index in [2.05, 4.69) is 34.4 Å². The summed E-state index contributed by atoms with van der Waals surface area (Å²) in [4.78, 5) is 7.36. The maximum absolute atomic E-state index is 10.4. The topological polar surface area (TPSA) is 59.9 Å². The highest BCUT2D eigenvalue weighted by atomic mass is 127. The first-order valence-corrected chi connectivity index (χ1v) is 11.2. The van der Waals surface area contributed by atoms with E-state index in [-0.39, 0.29) is 24.0 Å². The van der Waals surface area contributed by atoms with Crippen molar-refractivity contribution in [3.8, 4) is 0 Å². The number of nitrogens with one attached hydrogen (secondary N) is 2. The first-order valence-electron chi connectivity index (χ1n) is 11.2. The Labute approximate surface area is 193 Å². The fourth-order valence-corrected chi connectivity index (χ4v) is 4.44. The molecule has 0 amide bonds. The third-order valence-corrected chi connectivity index (χ3v) is 6.19. The molecule has 0 spiro atoms. The van der Waals surface area contributed by atoms with Crippen molar-refractivity contribution >= 4 is 29.9 Å². The van der Waals surface area contributed by atoms with E-state index >= 15 is 0 Å². The van der Waals surface area contributed by atoms with Gasteiger partial charge in [0.15, 0.2) is 5.96 Å². The summed E-state index contributed by atoms with van der Waals surface area (Å²) >= 11 is 0. The maximum atomic E-state index is 10.4. The minimum absolute atomic E-state index is 0. The fraction of sp³-hybridized carbons (Fsp3) is 0.696. The lowest BCUT2D eigenvalue weighted by Gasteiger charge is -2.39. The van der Waals surface area contributed by atoms with Crippen molar-refractivity contribution in [3.05, 3.63) is 35.4 Å². The number of benzene rings is 1. The van der Waals surface area contributed by atoms with Crippen LogP contribution in [0.4, 0.5) is 0 Å². The van der Waals surface area contributed by atoms with Crippen LogP contribution >= 0.6 is 24.0 Å². The van der Waals surface area contributed by atoms with Crippen LogP contribution in [0.15, 0.2) is 29.3 Å². The Morgan fingerprint density at radius 3 is 2.38 bits per heavy atom. The SMILES string of the molecule is CCNC(=NCC(O)c1ccc(C)cc1)NC1CCN(C2CCCCC2)CC1.I. The van der Waals surface area contributed by atoms with Crippen LogP contribution in [0.1, 0.15) is 69.1 Å². The van der Waals surface area contributed by atoms with E-state index < -0.39 is 6.10 Å². The van der Waals surface area contributed by atoms with Gasteiger partial charge in [0.2, 0.25) is 0 Å². The molecular formula is C23H39IN4O. The summed E-state index contributed by atoms with van der Waals surface area (Å²) in [6.45, 7) is 7.72. The number of aryl methyl sites for hydroxylation is 1. The number of rotatable bonds is 6. The molecule has 1 unspecified atom stereocenters. The number of aliphatic hydroxyl groups is 1. The molecule has 164 valence electrons. The highest BCUT2D eigenvalue weighted by Crippen LogP contribution is 2.25. The molecule has 1 aromatic carbocycles. The number of hydrogen-bond acceptors (Lipinski definition) is 3. The number of hydrogen-bond donors (Lipinski definition) is 3. The molecule has 2 fully saturated rings. The van der Waals surface area contributed by atoms with Crippen LogP contribution in [0.3, 0.4) is 0 Å². The van der Waals surface area contributed by atoms with Gasteiger partial charge in [-0.25, -0.2) is 0 Å². The van der Waals surface area contributed by atoms with Gasteiger partial charge in [0.05, 0.1) is 12.6 Å². The lowest BCUT2D eigenvalue weighted by molar-refractivity contribution is 0.119. The number of likely N-dealkylation sites (tertiary alicyclic amines) is 1. The van der Waals surface area contributed by atoms with Crippen LogP contribution in [0, 0.1) is 6.92 Å². The molecule has 29 heavy (non-hydrogen) atoms. The van der Waals surface area contributed by atoms with Crippen LogP contribution < -0.4 is 10.6 Å². The number of aliphatic imine (C=N–C) groups is 1. The lowest BCUT2D eigenvalue weighted by Crippen LogP contribution is -2.51. The zero-order valence-corrected chi connectivity index (χ0v) is 20.4. The standard InChI is InChI=1S/C23H38N4O.HI/c1-3-24-23(25-17-22(28)19-11-9-18(2)10-12-19)26-20-13-15-27(16-14-20)21-7-5-4-6-8-21;/h9-12,20-22,28H,3-8,13-17H2,1-2H3,(H2,24,25,26);1H. The second-order valence-electron chi connectivity index (χ2n) is 8.39. The summed E-state index contributed by atoms with van der Waals surface area (Å²) in [6, 6.07) is 9.32. The molecule has 1 heterocycles. The normalized spacial score (nSPS) is 20.7. The summed E-state index contributed by atoms with van der Waals surface area (Å²) in [6.07, 6.45) is 8.78. The molecule has 3 rings (SSSR count). The van der Waals surface area contributed by atoms with E-state index in [9.17, 15) is 5.11 Å². The van der Waals surface area contributed by atoms with E-state index in [0.29, 0.717) is 12.6 Å². The van der Waals surface area contributed by atoms with Crippen LogP contribution in [0.25, 0.3) is 0 Å². The zero-order chi connectivity index (χ0) is 19.8. The molecule has 5 nitrogen and oxygen atoms in total. The average Bonchev–Trinajstić information content (AvgIpc) is 2.73. The molecule has 1 saturated carbocycles. The second kappa shape index (κ2) is 12.7. The van der Waals surface area contributed by atoms with E-state index in [1.165, 1.54) is 63.6 Å². The van der Waals surface area contributed by atoms with Crippen LogP contribution in [-0.4, -0.2) is 54.2 Å². The predicted molar refractivity (Wildman–Crippen MR) is 132 cm³/mol. The highest BCUT2D eigenvalue weighted by Gasteiger charge is 2.26. The van der Waals surface area contributed by atoms with Gasteiger partial charge in [-0.1, -0.05) is 49.1 Å². The van der Waals surface area contributed by atoms with Crippen molar-refractivity contribution in [1.29, 1.82) is 0 Å². The Morgan fingerprint density at radius 2 is 1.76 bits per heavy atom. The molecule has 6 heteroatoms. The van der Waals surface area contributed by atoms with Crippen LogP contribution in [0.2, 0.25) is 0 Å². The Hall–Kier alpha value is -0.860. The average molecular weight is 514 g/mol. The fourth-order valence-electron chi connectivity index (χ4n) is 4.44. The molecule has 1 aromatic rings. The van der Waals surface area contributed by atoms with Crippen molar-refractivity contribution in [3.63, 3.8) is 0 Å². The van der Waals surface area contributed by atoms with E-state index in [0.717, 1.165) is 24.1 Å². The van der Waals surface area contributed by atoms with Crippen molar-refractivity contribution in [1.82, 2.24) is 15.5 Å². The predicted octanol–water partition coefficient (Wildman–Crippen LogP) is 4.00. The van der Waals surface area contributed by atoms with Gasteiger partial charge in [0, 0.05) is 31.7 Å². The van der Waals surface area contributed by atoms with E-state index in [4.69, 9.17) is 0 Å². The van der Waals surface area contributed by atoms with Crippen LogP contribution in [0.5, 0.6) is 0 Å². The molecule has 1 atom stereocenters. The Bertz CT molecular complexity index is 608. The van der Waals surface area contributed by atoms with Gasteiger partial charge >= 0.3 is 0 Å². The van der Waals surface area contributed by atoms with E-state index in [1.54, 1.807) is 0 Å². The molecule has 0 bridgehead atoms. The Morgan fingerprint density at radius 1 is 1.10 bits per heavy atom.